The first-order chi connectivity index (χ1) is 18.5. The van der Waals surface area contributed by atoms with Crippen molar-refractivity contribution < 1.29 is 40.6 Å². The average Bonchev–Trinajstić information content (AvgIpc) is 2.91. The highest BCUT2D eigenvalue weighted by atomic mass is 19.4. The van der Waals surface area contributed by atoms with Crippen molar-refractivity contribution >= 4 is 0 Å². The number of alkyl halides is 6. The minimum atomic E-state index is -4.91. The van der Waals surface area contributed by atoms with Crippen LogP contribution in [0.4, 0.5) is 26.3 Å². The molecule has 3 aromatic rings. The Balaban J connectivity index is 1.55. The van der Waals surface area contributed by atoms with E-state index in [0.29, 0.717) is 31.8 Å². The Kier molecular flexibility index (Phi) is 8.76. The summed E-state index contributed by atoms with van der Waals surface area (Å²) in [6.07, 6.45) is -9.68. The Morgan fingerprint density at radius 3 is 2.08 bits per heavy atom. The van der Waals surface area contributed by atoms with Crippen LogP contribution in [0.3, 0.4) is 0 Å². The summed E-state index contributed by atoms with van der Waals surface area (Å²) in [5, 5.41) is 0. The molecule has 0 aliphatic carbocycles. The van der Waals surface area contributed by atoms with E-state index in [9.17, 15) is 26.3 Å². The maximum atomic E-state index is 13.3. The molecule has 0 bridgehead atoms. The predicted octanol–water partition coefficient (Wildman–Crippen LogP) is 7.32. The van der Waals surface area contributed by atoms with Gasteiger partial charge in [0.15, 0.2) is 0 Å². The summed E-state index contributed by atoms with van der Waals surface area (Å²) >= 11 is 0. The molecule has 4 nitrogen and oxygen atoms in total. The lowest BCUT2D eigenvalue weighted by Gasteiger charge is -2.39. The molecule has 1 heterocycles. The highest BCUT2D eigenvalue weighted by Crippen LogP contribution is 2.37. The topological polar surface area (TPSA) is 30.9 Å². The second-order valence-electron chi connectivity index (χ2n) is 9.48. The van der Waals surface area contributed by atoms with E-state index in [1.54, 1.807) is 14.2 Å². The van der Waals surface area contributed by atoms with Crippen molar-refractivity contribution in [1.82, 2.24) is 4.90 Å². The highest BCUT2D eigenvalue weighted by molar-refractivity contribution is 5.40. The maximum absolute atomic E-state index is 13.3. The molecule has 4 rings (SSSR count). The fourth-order valence-corrected chi connectivity index (χ4v) is 4.91. The third-order valence-corrected chi connectivity index (χ3v) is 6.85. The van der Waals surface area contributed by atoms with E-state index in [4.69, 9.17) is 14.2 Å². The first-order valence-electron chi connectivity index (χ1n) is 12.4. The molecule has 10 heteroatoms. The lowest BCUT2D eigenvalue weighted by Crippen LogP contribution is -2.42. The number of halogens is 6. The minimum Gasteiger partial charge on any atom is -0.497 e. The van der Waals surface area contributed by atoms with E-state index < -0.39 is 29.6 Å². The van der Waals surface area contributed by atoms with Gasteiger partial charge in [0.2, 0.25) is 0 Å². The van der Waals surface area contributed by atoms with E-state index in [1.807, 2.05) is 48.5 Å². The van der Waals surface area contributed by atoms with Crippen molar-refractivity contribution in [3.8, 4) is 11.5 Å². The molecular weight excluding hydrogens is 524 g/mol. The fourth-order valence-electron chi connectivity index (χ4n) is 4.91. The van der Waals surface area contributed by atoms with Crippen LogP contribution in [0.1, 0.15) is 40.2 Å². The van der Waals surface area contributed by atoms with Crippen LogP contribution < -0.4 is 9.47 Å². The Bertz CT molecular complexity index is 1210. The van der Waals surface area contributed by atoms with Crippen LogP contribution in [0.25, 0.3) is 0 Å². The number of piperidine rings is 1. The van der Waals surface area contributed by atoms with E-state index in [0.717, 1.165) is 29.0 Å². The first-order valence-corrected chi connectivity index (χ1v) is 12.4. The Labute approximate surface area is 223 Å². The van der Waals surface area contributed by atoms with Crippen LogP contribution >= 0.6 is 0 Å². The third kappa shape index (κ3) is 7.24. The van der Waals surface area contributed by atoms with Crippen molar-refractivity contribution in [1.29, 1.82) is 0 Å². The number of likely N-dealkylation sites (tertiary alicyclic amines) is 1. The van der Waals surface area contributed by atoms with Crippen molar-refractivity contribution in [2.24, 2.45) is 0 Å². The number of benzene rings is 3. The van der Waals surface area contributed by atoms with Gasteiger partial charge in [-0.3, -0.25) is 4.90 Å². The van der Waals surface area contributed by atoms with Crippen LogP contribution in [-0.2, 0) is 30.2 Å². The van der Waals surface area contributed by atoms with Gasteiger partial charge in [-0.05, 0) is 53.9 Å². The van der Waals surface area contributed by atoms with Crippen molar-refractivity contribution in [2.45, 2.75) is 43.9 Å². The lowest BCUT2D eigenvalue weighted by atomic mass is 9.87. The quantitative estimate of drug-likeness (QED) is 0.274. The molecule has 1 aliphatic rings. The maximum Gasteiger partial charge on any atom is 0.416 e. The number of hydrogen-bond acceptors (Lipinski definition) is 4. The van der Waals surface area contributed by atoms with Crippen LogP contribution in [0.15, 0.2) is 66.7 Å². The Morgan fingerprint density at radius 1 is 0.821 bits per heavy atom. The molecule has 39 heavy (non-hydrogen) atoms. The molecule has 0 N–H and O–H groups in total. The number of ether oxygens (including phenoxy) is 3. The van der Waals surface area contributed by atoms with Gasteiger partial charge in [0.25, 0.3) is 0 Å². The first kappa shape index (κ1) is 28.8. The van der Waals surface area contributed by atoms with Gasteiger partial charge in [-0.2, -0.15) is 26.3 Å². The second kappa shape index (κ2) is 11.9. The van der Waals surface area contributed by atoms with Gasteiger partial charge in [0.1, 0.15) is 11.5 Å². The van der Waals surface area contributed by atoms with Gasteiger partial charge in [0.05, 0.1) is 38.1 Å². The number of methoxy groups -OCH3 is 2. The molecule has 0 unspecified atom stereocenters. The van der Waals surface area contributed by atoms with Crippen LogP contribution in [0.2, 0.25) is 0 Å². The summed E-state index contributed by atoms with van der Waals surface area (Å²) in [5.41, 5.74) is -0.959. The van der Waals surface area contributed by atoms with Crippen molar-refractivity contribution in [2.75, 3.05) is 27.3 Å². The molecule has 0 spiro atoms. The minimum absolute atomic E-state index is 0.127. The van der Waals surface area contributed by atoms with Gasteiger partial charge in [0, 0.05) is 31.1 Å². The summed E-state index contributed by atoms with van der Waals surface area (Å²) < 4.78 is 96.7. The van der Waals surface area contributed by atoms with Gasteiger partial charge >= 0.3 is 12.4 Å². The van der Waals surface area contributed by atoms with Gasteiger partial charge in [-0.15, -0.1) is 0 Å². The molecule has 0 saturated carbocycles. The largest absolute Gasteiger partial charge is 0.497 e. The van der Waals surface area contributed by atoms with Crippen LogP contribution in [-0.4, -0.2) is 38.3 Å². The second-order valence-corrected chi connectivity index (χ2v) is 9.48. The molecule has 2 atom stereocenters. The monoisotopic (exact) mass is 553 g/mol. The molecule has 0 radical (unpaired) electrons. The molecular formula is C29H29F6NO3. The average molecular weight is 554 g/mol. The zero-order valence-electron chi connectivity index (χ0n) is 21.5. The smallest absolute Gasteiger partial charge is 0.416 e. The standard InChI is InChI=1S/C29H29F6NO3/c1-37-24-8-9-26(38-2)21(14-24)16-36-11-10-27(25(17-36)20-6-4-3-5-7-20)39-18-19-12-22(28(30,31)32)15-23(13-19)29(33,34)35/h3-9,12-15,25,27H,10-11,16-18H2,1-2H3/t25-,27-/m0/s1. The summed E-state index contributed by atoms with van der Waals surface area (Å²) in [4.78, 5) is 2.22. The van der Waals surface area contributed by atoms with Crippen molar-refractivity contribution in [3.05, 3.63) is 94.5 Å². The zero-order chi connectivity index (χ0) is 28.2. The molecule has 0 amide bonds. The summed E-state index contributed by atoms with van der Waals surface area (Å²) in [5.74, 6) is 1.27. The van der Waals surface area contributed by atoms with E-state index >= 15 is 0 Å². The SMILES string of the molecule is COc1ccc(OC)c(CN2CC[C@H](OCc3cc(C(F)(F)F)cc(C(F)(F)F)c3)[C@H](c3ccccc3)C2)c1. The summed E-state index contributed by atoms with van der Waals surface area (Å²) in [6.45, 7) is 1.39. The Hall–Kier alpha value is -3.24. The number of hydrogen-bond donors (Lipinski definition) is 0. The summed E-state index contributed by atoms with van der Waals surface area (Å²) in [6, 6.07) is 16.7. The lowest BCUT2D eigenvalue weighted by molar-refractivity contribution is -0.143. The van der Waals surface area contributed by atoms with Gasteiger partial charge < -0.3 is 14.2 Å². The normalized spacial score (nSPS) is 18.7. The highest BCUT2D eigenvalue weighted by Gasteiger charge is 2.37. The fraction of sp³-hybridized carbons (Fsp3) is 0.379. The van der Waals surface area contributed by atoms with Crippen molar-refractivity contribution in [3.63, 3.8) is 0 Å². The predicted molar refractivity (Wildman–Crippen MR) is 134 cm³/mol. The van der Waals surface area contributed by atoms with Gasteiger partial charge in [-0.1, -0.05) is 30.3 Å². The van der Waals surface area contributed by atoms with Crippen LogP contribution in [0, 0.1) is 0 Å². The molecule has 3 aromatic carbocycles. The Morgan fingerprint density at radius 2 is 1.49 bits per heavy atom. The molecule has 0 aromatic heterocycles. The number of nitrogens with zero attached hydrogens (tertiary/aromatic N) is 1. The molecule has 1 fully saturated rings. The molecule has 1 aliphatic heterocycles. The van der Waals surface area contributed by atoms with E-state index in [2.05, 4.69) is 4.90 Å². The van der Waals surface area contributed by atoms with E-state index in [1.165, 1.54) is 0 Å². The molecule has 1 saturated heterocycles. The zero-order valence-corrected chi connectivity index (χ0v) is 21.5. The van der Waals surface area contributed by atoms with Gasteiger partial charge in [-0.25, -0.2) is 0 Å². The van der Waals surface area contributed by atoms with Crippen LogP contribution in [0.5, 0.6) is 11.5 Å². The van der Waals surface area contributed by atoms with E-state index in [-0.39, 0.29) is 24.2 Å². The molecule has 210 valence electrons. The summed E-state index contributed by atoms with van der Waals surface area (Å²) in [7, 11) is 3.18. The number of rotatable bonds is 8. The third-order valence-electron chi connectivity index (χ3n) is 6.85.